The molecule has 1 fully saturated rings. The van der Waals surface area contributed by atoms with Gasteiger partial charge in [0.05, 0.1) is 12.7 Å². The monoisotopic (exact) mass is 356 g/mol. The molecular formula is C19H20N2O5. The van der Waals surface area contributed by atoms with Crippen LogP contribution in [0.2, 0.25) is 0 Å². The van der Waals surface area contributed by atoms with Crippen molar-refractivity contribution in [2.75, 3.05) is 13.7 Å². The van der Waals surface area contributed by atoms with Crippen molar-refractivity contribution in [1.29, 1.82) is 5.26 Å². The normalized spacial score (nSPS) is 15.9. The van der Waals surface area contributed by atoms with Crippen molar-refractivity contribution < 1.29 is 23.5 Å². The smallest absolute Gasteiger partial charge is 0.375 e. The maximum absolute atomic E-state index is 12.4. The Kier molecular flexibility index (Phi) is 4.96. The zero-order valence-corrected chi connectivity index (χ0v) is 14.7. The van der Waals surface area contributed by atoms with E-state index in [1.807, 2.05) is 12.1 Å². The first-order chi connectivity index (χ1) is 12.5. The van der Waals surface area contributed by atoms with Gasteiger partial charge in [-0.15, -0.1) is 0 Å². The Balaban J connectivity index is 1.68. The number of nitriles is 1. The minimum Gasteiger partial charge on any atom is -0.450 e. The van der Waals surface area contributed by atoms with Crippen molar-refractivity contribution in [2.45, 2.75) is 31.9 Å². The minimum atomic E-state index is -0.927. The summed E-state index contributed by atoms with van der Waals surface area (Å²) in [5, 5.41) is 12.7. The molecule has 0 saturated heterocycles. The molecule has 0 unspecified atom stereocenters. The summed E-state index contributed by atoms with van der Waals surface area (Å²) >= 11 is 0. The van der Waals surface area contributed by atoms with Gasteiger partial charge in [-0.2, -0.15) is 5.26 Å². The average Bonchev–Trinajstić information content (AvgIpc) is 3.44. The van der Waals surface area contributed by atoms with Crippen molar-refractivity contribution in [3.63, 3.8) is 0 Å². The molecule has 0 bridgehead atoms. The number of amides is 1. The molecule has 3 rings (SSSR count). The van der Waals surface area contributed by atoms with Crippen LogP contribution in [0.1, 0.15) is 35.9 Å². The van der Waals surface area contributed by atoms with Crippen molar-refractivity contribution in [2.24, 2.45) is 5.92 Å². The highest BCUT2D eigenvalue weighted by Gasteiger charge is 2.43. The first kappa shape index (κ1) is 18.0. The number of carbonyl (C=O) groups is 2. The number of benzene rings is 1. The van der Waals surface area contributed by atoms with Gasteiger partial charge >= 0.3 is 5.97 Å². The quantitative estimate of drug-likeness (QED) is 0.765. The lowest BCUT2D eigenvalue weighted by atomic mass is 9.98. The van der Waals surface area contributed by atoms with Crippen LogP contribution in [-0.4, -0.2) is 31.1 Å². The van der Waals surface area contributed by atoms with Gasteiger partial charge in [-0.3, -0.25) is 4.79 Å². The van der Waals surface area contributed by atoms with Gasteiger partial charge in [-0.1, -0.05) is 18.2 Å². The summed E-state index contributed by atoms with van der Waals surface area (Å²) in [4.78, 5) is 24.5. The fourth-order valence-electron chi connectivity index (χ4n) is 2.96. The maximum atomic E-state index is 12.4. The van der Waals surface area contributed by atoms with Crippen LogP contribution in [-0.2, 0) is 20.9 Å². The van der Waals surface area contributed by atoms with E-state index in [9.17, 15) is 14.9 Å². The highest BCUT2D eigenvalue weighted by molar-refractivity contribution is 5.96. The van der Waals surface area contributed by atoms with Gasteiger partial charge in [-0.05, 0) is 31.7 Å². The number of furan rings is 1. The predicted octanol–water partition coefficient (Wildman–Crippen LogP) is 2.54. The third kappa shape index (κ3) is 3.55. The van der Waals surface area contributed by atoms with Crippen molar-refractivity contribution in [1.82, 2.24) is 5.32 Å². The molecule has 7 nitrogen and oxygen atoms in total. The largest absolute Gasteiger partial charge is 0.450 e. The lowest BCUT2D eigenvalue weighted by Gasteiger charge is -2.22. The molecule has 1 N–H and O–H groups in total. The van der Waals surface area contributed by atoms with Crippen molar-refractivity contribution in [3.8, 4) is 6.07 Å². The molecule has 0 aliphatic heterocycles. The summed E-state index contributed by atoms with van der Waals surface area (Å²) in [7, 11) is 1.52. The molecule has 26 heavy (non-hydrogen) atoms. The molecule has 2 aromatic rings. The van der Waals surface area contributed by atoms with Crippen LogP contribution < -0.4 is 5.32 Å². The van der Waals surface area contributed by atoms with Crippen LogP contribution in [0.15, 0.2) is 28.7 Å². The van der Waals surface area contributed by atoms with Gasteiger partial charge in [0, 0.05) is 18.1 Å². The van der Waals surface area contributed by atoms with E-state index in [-0.39, 0.29) is 18.3 Å². The second kappa shape index (κ2) is 7.18. The van der Waals surface area contributed by atoms with Gasteiger partial charge in [0.25, 0.3) is 5.91 Å². The number of hydrogen-bond acceptors (Lipinski definition) is 6. The molecule has 0 radical (unpaired) electrons. The van der Waals surface area contributed by atoms with E-state index in [0.717, 1.165) is 18.2 Å². The van der Waals surface area contributed by atoms with E-state index in [0.29, 0.717) is 11.1 Å². The zero-order chi connectivity index (χ0) is 18.7. The fraction of sp³-hybridized carbons (Fsp3) is 0.421. The Hall–Kier alpha value is -2.85. The first-order valence-corrected chi connectivity index (χ1v) is 8.37. The molecule has 1 saturated carbocycles. The maximum Gasteiger partial charge on any atom is 0.375 e. The van der Waals surface area contributed by atoms with Gasteiger partial charge in [0.15, 0.2) is 6.61 Å². The average molecular weight is 356 g/mol. The molecule has 136 valence electrons. The molecule has 1 aliphatic carbocycles. The van der Waals surface area contributed by atoms with E-state index in [1.165, 1.54) is 7.11 Å². The van der Waals surface area contributed by atoms with Crippen molar-refractivity contribution >= 4 is 22.8 Å². The second-order valence-corrected chi connectivity index (χ2v) is 6.55. The van der Waals surface area contributed by atoms with E-state index in [1.54, 1.807) is 19.1 Å². The SMILES string of the molecule is COCc1c(C(=O)OCC(=O)N[C@@](C)(C#N)C2CC2)oc2ccccc12. The Bertz CT molecular complexity index is 878. The number of para-hydroxylation sites is 1. The minimum absolute atomic E-state index is 0.0195. The third-order valence-electron chi connectivity index (χ3n) is 4.53. The van der Waals surface area contributed by atoms with Crippen LogP contribution in [0.4, 0.5) is 0 Å². The third-order valence-corrected chi connectivity index (χ3v) is 4.53. The van der Waals surface area contributed by atoms with Gasteiger partial charge in [0.2, 0.25) is 5.76 Å². The molecule has 1 aromatic heterocycles. The Morgan fingerprint density at radius 3 is 2.77 bits per heavy atom. The van der Waals surface area contributed by atoms with E-state index in [2.05, 4.69) is 11.4 Å². The highest BCUT2D eigenvalue weighted by Crippen LogP contribution is 2.39. The van der Waals surface area contributed by atoms with Gasteiger partial charge < -0.3 is 19.2 Å². The number of methoxy groups -OCH3 is 1. The standard InChI is InChI=1S/C19H20N2O5/c1-19(11-20,12-7-8-12)21-16(22)10-25-18(23)17-14(9-24-2)13-5-3-4-6-15(13)26-17/h3-6,12H,7-10H2,1-2H3,(H,21,22)/t19-/m0/s1. The van der Waals surface area contributed by atoms with E-state index in [4.69, 9.17) is 13.9 Å². The molecule has 1 amide bonds. The number of esters is 1. The van der Waals surface area contributed by atoms with Crippen LogP contribution >= 0.6 is 0 Å². The summed E-state index contributed by atoms with van der Waals surface area (Å²) in [5.74, 6) is -1.09. The number of carbonyl (C=O) groups excluding carboxylic acids is 2. The predicted molar refractivity (Wildman–Crippen MR) is 92.1 cm³/mol. The Morgan fingerprint density at radius 2 is 2.12 bits per heavy atom. The highest BCUT2D eigenvalue weighted by atomic mass is 16.5. The Morgan fingerprint density at radius 1 is 1.38 bits per heavy atom. The summed E-state index contributed by atoms with van der Waals surface area (Å²) < 4.78 is 15.8. The summed E-state index contributed by atoms with van der Waals surface area (Å²) in [6.07, 6.45) is 1.81. The first-order valence-electron chi connectivity index (χ1n) is 8.37. The molecule has 1 atom stereocenters. The number of nitrogens with zero attached hydrogens (tertiary/aromatic N) is 1. The number of rotatable bonds is 7. The lowest BCUT2D eigenvalue weighted by molar-refractivity contribution is -0.125. The molecule has 0 spiro atoms. The number of ether oxygens (including phenoxy) is 2. The fourth-order valence-corrected chi connectivity index (χ4v) is 2.96. The summed E-state index contributed by atoms with van der Waals surface area (Å²) in [5.41, 5.74) is 0.194. The molecular weight excluding hydrogens is 336 g/mol. The molecule has 1 aliphatic rings. The molecule has 7 heteroatoms. The van der Waals surface area contributed by atoms with E-state index >= 15 is 0 Å². The van der Waals surface area contributed by atoms with Gasteiger partial charge in [0.1, 0.15) is 11.1 Å². The van der Waals surface area contributed by atoms with Crippen LogP contribution in [0, 0.1) is 17.2 Å². The van der Waals surface area contributed by atoms with E-state index < -0.39 is 24.0 Å². The summed E-state index contributed by atoms with van der Waals surface area (Å²) in [6.45, 7) is 1.38. The molecule has 1 heterocycles. The van der Waals surface area contributed by atoms with Gasteiger partial charge in [-0.25, -0.2) is 4.79 Å². The number of nitrogens with one attached hydrogen (secondary N) is 1. The topological polar surface area (TPSA) is 102 Å². The number of hydrogen-bond donors (Lipinski definition) is 1. The van der Waals surface area contributed by atoms with Crippen LogP contribution in [0.5, 0.6) is 0 Å². The number of fused-ring (bicyclic) bond motifs is 1. The van der Waals surface area contributed by atoms with Crippen LogP contribution in [0.3, 0.4) is 0 Å². The summed E-state index contributed by atoms with van der Waals surface area (Å²) in [6, 6.07) is 9.32. The molecule has 1 aromatic carbocycles. The lowest BCUT2D eigenvalue weighted by Crippen LogP contribution is -2.48. The van der Waals surface area contributed by atoms with Crippen LogP contribution in [0.25, 0.3) is 11.0 Å². The second-order valence-electron chi connectivity index (χ2n) is 6.55. The Labute approximate surface area is 150 Å². The zero-order valence-electron chi connectivity index (χ0n) is 14.7. The van der Waals surface area contributed by atoms with Crippen molar-refractivity contribution in [3.05, 3.63) is 35.6 Å².